The van der Waals surface area contributed by atoms with Crippen LogP contribution in [0.4, 0.5) is 0 Å². The van der Waals surface area contributed by atoms with Gasteiger partial charge in [-0.25, -0.2) is 4.18 Å². The highest BCUT2D eigenvalue weighted by Gasteiger charge is 2.27. The minimum Gasteiger partial charge on any atom is -0.485 e. The summed E-state index contributed by atoms with van der Waals surface area (Å²) in [6, 6.07) is 23.6. The predicted octanol–water partition coefficient (Wildman–Crippen LogP) is 5.44. The molecule has 194 valence electrons. The highest BCUT2D eigenvalue weighted by Crippen LogP contribution is 2.34. The molecular weight excluding hydrogens is 549 g/mol. The van der Waals surface area contributed by atoms with Gasteiger partial charge < -0.3 is 14.0 Å². The number of aliphatic hydroxyl groups is 1. The normalized spacial score (nSPS) is 12.9. The van der Waals surface area contributed by atoms with Crippen LogP contribution in [0.25, 0.3) is 0 Å². The smallest absolute Gasteiger partial charge is 0.449 e. The maximum Gasteiger partial charge on any atom is 0.449 e. The van der Waals surface area contributed by atoms with Crippen LogP contribution in [0.2, 0.25) is 0 Å². The number of nitrogens with zero attached hydrogens (tertiary/aromatic N) is 1. The van der Waals surface area contributed by atoms with E-state index in [1.165, 1.54) is 12.1 Å². The van der Waals surface area contributed by atoms with Crippen molar-refractivity contribution in [2.24, 2.45) is 0 Å². The van der Waals surface area contributed by atoms with E-state index in [-0.39, 0.29) is 18.1 Å². The average molecular weight is 575 g/mol. The summed E-state index contributed by atoms with van der Waals surface area (Å²) in [7, 11) is -2.67. The molecule has 0 fully saturated rings. The molecule has 1 atom stereocenters. The predicted molar refractivity (Wildman–Crippen MR) is 141 cm³/mol. The maximum atomic E-state index is 12.3. The molecule has 0 aliphatic carbocycles. The molecule has 3 aromatic carbocycles. The molecule has 7 nitrogen and oxygen atoms in total. The van der Waals surface area contributed by atoms with E-state index in [2.05, 4.69) is 4.18 Å². The van der Waals surface area contributed by atoms with Crippen LogP contribution in [0.5, 0.6) is 11.5 Å². The van der Waals surface area contributed by atoms with Crippen LogP contribution in [0.1, 0.15) is 22.8 Å². The van der Waals surface area contributed by atoms with Gasteiger partial charge in [0, 0.05) is 13.1 Å². The van der Waals surface area contributed by atoms with Gasteiger partial charge in [-0.05, 0) is 35.9 Å². The molecule has 0 spiro atoms. The number of alkyl halides is 3. The van der Waals surface area contributed by atoms with Crippen LogP contribution in [0.3, 0.4) is 0 Å². The number of benzene rings is 3. The number of likely N-dealkylation sites (N-methyl/N-ethyl adjacent to an activating group) is 1. The molecule has 3 rings (SSSR count). The topological polar surface area (TPSA) is 85.3 Å². The van der Waals surface area contributed by atoms with Gasteiger partial charge in [0.05, 0.1) is 6.10 Å². The van der Waals surface area contributed by atoms with Gasteiger partial charge in [0.15, 0.2) is 11.5 Å². The van der Waals surface area contributed by atoms with Crippen molar-refractivity contribution >= 4 is 45.2 Å². The zero-order valence-electron chi connectivity index (χ0n) is 19.4. The van der Waals surface area contributed by atoms with Gasteiger partial charge >= 0.3 is 10.4 Å². The first-order valence-electron chi connectivity index (χ1n) is 10.9. The van der Waals surface area contributed by atoms with Crippen molar-refractivity contribution in [3.05, 3.63) is 95.6 Å². The Balaban J connectivity index is 1.77. The second-order valence-corrected chi connectivity index (χ2v) is 11.8. The van der Waals surface area contributed by atoms with Gasteiger partial charge in [-0.2, -0.15) is 8.42 Å². The number of hydrogen-bond acceptors (Lipinski definition) is 7. The SMILES string of the molecule is CN(Cc1ccccc1)CC(O)c1ccc(OS(=O)(=O)OCC(Cl)(Cl)Cl)c(OCc2ccccc2)c1. The Hall–Kier alpha value is -2.04. The van der Waals surface area contributed by atoms with Gasteiger partial charge in [0.25, 0.3) is 0 Å². The van der Waals surface area contributed by atoms with Crippen LogP contribution in [-0.2, 0) is 27.7 Å². The lowest BCUT2D eigenvalue weighted by Gasteiger charge is -2.22. The summed E-state index contributed by atoms with van der Waals surface area (Å²) in [6.45, 7) is 0.387. The van der Waals surface area contributed by atoms with Gasteiger partial charge in [0.1, 0.15) is 13.2 Å². The van der Waals surface area contributed by atoms with Crippen LogP contribution in [-0.4, -0.2) is 42.4 Å². The van der Waals surface area contributed by atoms with E-state index in [0.29, 0.717) is 18.7 Å². The van der Waals surface area contributed by atoms with E-state index in [0.717, 1.165) is 11.1 Å². The monoisotopic (exact) mass is 573 g/mol. The molecule has 36 heavy (non-hydrogen) atoms. The standard InChI is InChI=1S/C25H26Cl3NO6S/c1-29(15-19-8-4-2-5-9-19)16-22(30)21-12-13-23(35-36(31,32)34-18-25(26,27)28)24(14-21)33-17-20-10-6-3-7-11-20/h2-14,22,30H,15-18H2,1H3. The van der Waals surface area contributed by atoms with Gasteiger partial charge in [-0.3, -0.25) is 4.90 Å². The van der Waals surface area contributed by atoms with Crippen LogP contribution in [0, 0.1) is 0 Å². The van der Waals surface area contributed by atoms with Crippen molar-refractivity contribution in [1.29, 1.82) is 0 Å². The molecule has 0 bridgehead atoms. The van der Waals surface area contributed by atoms with E-state index in [1.54, 1.807) is 6.07 Å². The lowest BCUT2D eigenvalue weighted by atomic mass is 10.1. The number of rotatable bonds is 12. The highest BCUT2D eigenvalue weighted by molar-refractivity contribution is 7.82. The second-order valence-electron chi connectivity index (χ2n) is 8.05. The quantitative estimate of drug-likeness (QED) is 0.288. The van der Waals surface area contributed by atoms with Crippen molar-refractivity contribution in [2.45, 2.75) is 23.0 Å². The first-order chi connectivity index (χ1) is 17.0. The van der Waals surface area contributed by atoms with Crippen molar-refractivity contribution in [3.8, 4) is 11.5 Å². The Bertz CT molecular complexity index is 1210. The first kappa shape index (κ1) is 28.5. The van der Waals surface area contributed by atoms with Crippen molar-refractivity contribution in [1.82, 2.24) is 4.90 Å². The lowest BCUT2D eigenvalue weighted by molar-refractivity contribution is 0.123. The van der Waals surface area contributed by atoms with Crippen molar-refractivity contribution in [3.63, 3.8) is 0 Å². The first-order valence-corrected chi connectivity index (χ1v) is 13.3. The summed E-state index contributed by atoms with van der Waals surface area (Å²) < 4.78 is 38.2. The highest BCUT2D eigenvalue weighted by atomic mass is 35.6. The summed E-state index contributed by atoms with van der Waals surface area (Å²) >= 11 is 16.7. The largest absolute Gasteiger partial charge is 0.485 e. The molecule has 0 saturated carbocycles. The molecule has 0 heterocycles. The molecule has 0 radical (unpaired) electrons. The summed E-state index contributed by atoms with van der Waals surface area (Å²) in [5, 5.41) is 10.9. The fourth-order valence-electron chi connectivity index (χ4n) is 3.28. The summed E-state index contributed by atoms with van der Waals surface area (Å²) in [5.74, 6) is -0.0361. The van der Waals surface area contributed by atoms with E-state index in [9.17, 15) is 13.5 Å². The zero-order valence-corrected chi connectivity index (χ0v) is 22.5. The molecule has 1 unspecified atom stereocenters. The van der Waals surface area contributed by atoms with E-state index < -0.39 is 26.9 Å². The fraction of sp³-hybridized carbons (Fsp3) is 0.280. The van der Waals surface area contributed by atoms with Crippen LogP contribution < -0.4 is 8.92 Å². The Morgan fingerprint density at radius 2 is 1.53 bits per heavy atom. The molecule has 3 aromatic rings. The molecule has 0 aromatic heterocycles. The number of ether oxygens (including phenoxy) is 1. The van der Waals surface area contributed by atoms with Crippen LogP contribution in [0.15, 0.2) is 78.9 Å². The Morgan fingerprint density at radius 3 is 2.14 bits per heavy atom. The Kier molecular flexibility index (Phi) is 10.3. The summed E-state index contributed by atoms with van der Waals surface area (Å²) in [5.41, 5.74) is 2.49. The molecular formula is C25H26Cl3NO6S. The maximum absolute atomic E-state index is 12.3. The van der Waals surface area contributed by atoms with Gasteiger partial charge in [-0.1, -0.05) is 102 Å². The van der Waals surface area contributed by atoms with Crippen molar-refractivity contribution in [2.75, 3.05) is 20.2 Å². The number of halogens is 3. The van der Waals surface area contributed by atoms with Gasteiger partial charge in [-0.15, -0.1) is 0 Å². The second kappa shape index (κ2) is 13.0. The third-order valence-electron chi connectivity index (χ3n) is 4.93. The fourth-order valence-corrected chi connectivity index (χ4v) is 4.37. The Morgan fingerprint density at radius 1 is 0.917 bits per heavy atom. The molecule has 0 aliphatic heterocycles. The molecule has 0 saturated heterocycles. The van der Waals surface area contributed by atoms with Crippen LogP contribution >= 0.6 is 34.8 Å². The molecule has 1 N–H and O–H groups in total. The molecule has 0 aliphatic rings. The lowest BCUT2D eigenvalue weighted by Crippen LogP contribution is -2.24. The molecule has 0 amide bonds. The van der Waals surface area contributed by atoms with E-state index >= 15 is 0 Å². The number of hydrogen-bond donors (Lipinski definition) is 1. The Labute approximate surface area is 226 Å². The summed E-state index contributed by atoms with van der Waals surface area (Å²) in [4.78, 5) is 1.98. The third kappa shape index (κ3) is 9.78. The summed E-state index contributed by atoms with van der Waals surface area (Å²) in [6.07, 6.45) is -0.871. The van der Waals surface area contributed by atoms with E-state index in [1.807, 2.05) is 72.6 Å². The minimum atomic E-state index is -4.56. The van der Waals surface area contributed by atoms with E-state index in [4.69, 9.17) is 43.7 Å². The number of aliphatic hydroxyl groups excluding tert-OH is 1. The van der Waals surface area contributed by atoms with Gasteiger partial charge in [0.2, 0.25) is 3.79 Å². The average Bonchev–Trinajstić information content (AvgIpc) is 2.83. The minimum absolute atomic E-state index is 0.0992. The van der Waals surface area contributed by atoms with Crippen molar-refractivity contribution < 1.29 is 26.6 Å². The third-order valence-corrected chi connectivity index (χ3v) is 6.05. The molecule has 11 heteroatoms. The zero-order chi connectivity index (χ0) is 26.2.